The average molecular weight is 321 g/mol. The van der Waals surface area contributed by atoms with Crippen molar-refractivity contribution in [3.63, 3.8) is 0 Å². The number of hydrogen-bond acceptors (Lipinski definition) is 5. The molecule has 1 aromatic heterocycles. The zero-order chi connectivity index (χ0) is 14.8. The van der Waals surface area contributed by atoms with E-state index in [9.17, 15) is 8.42 Å². The molecule has 1 aromatic rings. The van der Waals surface area contributed by atoms with Gasteiger partial charge in [0.25, 0.3) is 0 Å². The van der Waals surface area contributed by atoms with Gasteiger partial charge in [0.2, 0.25) is 11.8 Å². The van der Waals surface area contributed by atoms with Gasteiger partial charge in [-0.15, -0.1) is 0 Å². The molecule has 1 fully saturated rings. The summed E-state index contributed by atoms with van der Waals surface area (Å²) >= 11 is 5.79. The molecular weight excluding hydrogens is 304 g/mol. The Morgan fingerprint density at radius 3 is 2.90 bits per heavy atom. The van der Waals surface area contributed by atoms with Gasteiger partial charge in [0.15, 0.2) is 0 Å². The predicted molar refractivity (Wildman–Crippen MR) is 76.1 cm³/mol. The maximum Gasteiger partial charge on any atom is 0.303 e. The lowest BCUT2D eigenvalue weighted by atomic mass is 10.0. The van der Waals surface area contributed by atoms with E-state index < -0.39 is 10.2 Å². The lowest BCUT2D eigenvalue weighted by Crippen LogP contribution is -2.42. The van der Waals surface area contributed by atoms with Crippen LogP contribution in [0.3, 0.4) is 0 Å². The molecule has 2 heterocycles. The third-order valence-electron chi connectivity index (χ3n) is 3.06. The van der Waals surface area contributed by atoms with Gasteiger partial charge in [0.05, 0.1) is 7.11 Å². The number of anilines is 1. The van der Waals surface area contributed by atoms with Crippen LogP contribution in [0.2, 0.25) is 5.15 Å². The molecule has 7 nitrogen and oxygen atoms in total. The van der Waals surface area contributed by atoms with Crippen molar-refractivity contribution in [1.29, 1.82) is 0 Å². The summed E-state index contributed by atoms with van der Waals surface area (Å²) in [5.41, 5.74) is 0. The largest absolute Gasteiger partial charge is 0.481 e. The number of aromatic nitrogens is 2. The standard InChI is InChI=1S/C11H17ClN4O3S/c1-8-4-3-5-16(7-8)20(17,18)15-11-13-9(12)6-10(14-11)19-2/h6,8H,3-5,7H2,1-2H3,(H,13,14,15). The molecule has 0 aliphatic carbocycles. The number of methoxy groups -OCH3 is 1. The van der Waals surface area contributed by atoms with E-state index in [0.717, 1.165) is 12.8 Å². The lowest BCUT2D eigenvalue weighted by Gasteiger charge is -2.29. The molecule has 0 saturated carbocycles. The van der Waals surface area contributed by atoms with Crippen LogP contribution in [0.5, 0.6) is 5.88 Å². The molecule has 1 unspecified atom stereocenters. The van der Waals surface area contributed by atoms with Gasteiger partial charge in [-0.05, 0) is 18.8 Å². The summed E-state index contributed by atoms with van der Waals surface area (Å²) in [6.07, 6.45) is 1.88. The monoisotopic (exact) mass is 320 g/mol. The molecule has 0 spiro atoms. The van der Waals surface area contributed by atoms with E-state index in [4.69, 9.17) is 16.3 Å². The Morgan fingerprint density at radius 1 is 1.50 bits per heavy atom. The van der Waals surface area contributed by atoms with E-state index in [1.807, 2.05) is 6.92 Å². The van der Waals surface area contributed by atoms with Crippen LogP contribution in [0.15, 0.2) is 6.07 Å². The van der Waals surface area contributed by atoms with Crippen molar-refractivity contribution in [2.45, 2.75) is 19.8 Å². The van der Waals surface area contributed by atoms with Crippen molar-refractivity contribution in [2.75, 3.05) is 24.9 Å². The van der Waals surface area contributed by atoms with Gasteiger partial charge in [-0.2, -0.15) is 17.7 Å². The highest BCUT2D eigenvalue weighted by atomic mass is 35.5. The Morgan fingerprint density at radius 2 is 2.25 bits per heavy atom. The van der Waals surface area contributed by atoms with Crippen LogP contribution in [-0.2, 0) is 10.2 Å². The molecule has 1 N–H and O–H groups in total. The maximum absolute atomic E-state index is 12.3. The molecule has 1 aliphatic rings. The molecule has 0 bridgehead atoms. The first-order valence-corrected chi connectivity index (χ1v) is 8.09. The number of nitrogens with zero attached hydrogens (tertiary/aromatic N) is 3. The first-order valence-electron chi connectivity index (χ1n) is 6.27. The summed E-state index contributed by atoms with van der Waals surface area (Å²) in [5, 5.41) is 0.113. The first-order chi connectivity index (χ1) is 9.40. The van der Waals surface area contributed by atoms with Crippen LogP contribution in [0.25, 0.3) is 0 Å². The fraction of sp³-hybridized carbons (Fsp3) is 0.636. The van der Waals surface area contributed by atoms with Crippen molar-refractivity contribution >= 4 is 27.8 Å². The Kier molecular flexibility index (Phi) is 4.66. The highest BCUT2D eigenvalue weighted by Gasteiger charge is 2.27. The molecule has 0 amide bonds. The van der Waals surface area contributed by atoms with Crippen LogP contribution < -0.4 is 9.46 Å². The highest BCUT2D eigenvalue weighted by Crippen LogP contribution is 2.21. The summed E-state index contributed by atoms with van der Waals surface area (Å²) in [5.74, 6) is 0.456. The molecule has 1 saturated heterocycles. The zero-order valence-electron chi connectivity index (χ0n) is 11.3. The normalized spacial score (nSPS) is 20.6. The number of halogens is 1. The summed E-state index contributed by atoms with van der Waals surface area (Å²) in [7, 11) is -2.25. The zero-order valence-corrected chi connectivity index (χ0v) is 12.9. The minimum Gasteiger partial charge on any atom is -0.481 e. The number of piperidine rings is 1. The third kappa shape index (κ3) is 3.71. The van der Waals surface area contributed by atoms with Gasteiger partial charge < -0.3 is 4.74 Å². The summed E-state index contributed by atoms with van der Waals surface area (Å²) in [6, 6.07) is 1.41. The fourth-order valence-corrected chi connectivity index (χ4v) is 3.54. The predicted octanol–water partition coefficient (Wildman–Crippen LogP) is 1.53. The molecule has 0 radical (unpaired) electrons. The van der Waals surface area contributed by atoms with Crippen LogP contribution in [-0.4, -0.2) is 42.9 Å². The van der Waals surface area contributed by atoms with E-state index in [-0.39, 0.29) is 17.0 Å². The Bertz CT molecular complexity index is 581. The number of hydrogen-bond donors (Lipinski definition) is 1. The topological polar surface area (TPSA) is 84.4 Å². The molecule has 20 heavy (non-hydrogen) atoms. The number of rotatable bonds is 4. The second kappa shape index (κ2) is 6.11. The fourth-order valence-electron chi connectivity index (χ4n) is 2.09. The molecule has 1 atom stereocenters. The van der Waals surface area contributed by atoms with Crippen LogP contribution in [0.1, 0.15) is 19.8 Å². The second-order valence-electron chi connectivity index (χ2n) is 4.77. The second-order valence-corrected chi connectivity index (χ2v) is 6.83. The Balaban J connectivity index is 2.17. The van der Waals surface area contributed by atoms with E-state index in [1.54, 1.807) is 0 Å². The van der Waals surface area contributed by atoms with Gasteiger partial charge in [0.1, 0.15) is 5.15 Å². The first kappa shape index (κ1) is 15.3. The van der Waals surface area contributed by atoms with Crippen molar-refractivity contribution < 1.29 is 13.2 Å². The molecule has 1 aliphatic heterocycles. The minimum atomic E-state index is -3.67. The molecular formula is C11H17ClN4O3S. The Hall–Kier alpha value is -1.12. The minimum absolute atomic E-state index is 0.0902. The van der Waals surface area contributed by atoms with Gasteiger partial charge in [-0.3, -0.25) is 0 Å². The quantitative estimate of drug-likeness (QED) is 0.850. The Labute approximate surface area is 123 Å². The smallest absolute Gasteiger partial charge is 0.303 e. The van der Waals surface area contributed by atoms with Crippen molar-refractivity contribution in [3.8, 4) is 5.88 Å². The molecule has 9 heteroatoms. The van der Waals surface area contributed by atoms with E-state index in [2.05, 4.69) is 14.7 Å². The highest BCUT2D eigenvalue weighted by molar-refractivity contribution is 7.90. The summed E-state index contributed by atoms with van der Waals surface area (Å²) < 4.78 is 33.2. The van der Waals surface area contributed by atoms with Crippen LogP contribution in [0.4, 0.5) is 5.95 Å². The van der Waals surface area contributed by atoms with Gasteiger partial charge in [0, 0.05) is 19.2 Å². The molecule has 0 aromatic carbocycles. The maximum atomic E-state index is 12.3. The lowest BCUT2D eigenvalue weighted by molar-refractivity contribution is 0.282. The summed E-state index contributed by atoms with van der Waals surface area (Å²) in [6.45, 7) is 3.02. The van der Waals surface area contributed by atoms with Gasteiger partial charge >= 0.3 is 10.2 Å². The van der Waals surface area contributed by atoms with E-state index in [1.165, 1.54) is 17.5 Å². The van der Waals surface area contributed by atoms with Crippen LogP contribution in [0, 0.1) is 5.92 Å². The van der Waals surface area contributed by atoms with Crippen LogP contribution >= 0.6 is 11.6 Å². The van der Waals surface area contributed by atoms with Crippen molar-refractivity contribution in [1.82, 2.24) is 14.3 Å². The van der Waals surface area contributed by atoms with Gasteiger partial charge in [-0.1, -0.05) is 18.5 Å². The van der Waals surface area contributed by atoms with Crippen molar-refractivity contribution in [3.05, 3.63) is 11.2 Å². The van der Waals surface area contributed by atoms with E-state index >= 15 is 0 Å². The van der Waals surface area contributed by atoms with Crippen molar-refractivity contribution in [2.24, 2.45) is 5.92 Å². The van der Waals surface area contributed by atoms with E-state index in [0.29, 0.717) is 19.0 Å². The van der Waals surface area contributed by atoms with Gasteiger partial charge in [-0.25, -0.2) is 9.71 Å². The molecule has 2 rings (SSSR count). The average Bonchev–Trinajstić information content (AvgIpc) is 2.37. The third-order valence-corrected chi connectivity index (χ3v) is 4.71. The summed E-state index contributed by atoms with van der Waals surface area (Å²) in [4.78, 5) is 7.75. The SMILES string of the molecule is COc1cc(Cl)nc(NS(=O)(=O)N2CCCC(C)C2)n1. The molecule has 112 valence electrons. The number of nitrogens with one attached hydrogen (secondary N) is 1. The number of ether oxygens (including phenoxy) is 1.